The molecule has 0 bridgehead atoms. The minimum atomic E-state index is -4.01. The van der Waals surface area contributed by atoms with Crippen molar-refractivity contribution in [1.82, 2.24) is 0 Å². The number of benzene rings is 2. The Labute approximate surface area is 203 Å². The van der Waals surface area contributed by atoms with Crippen LogP contribution in [0.15, 0.2) is 53.4 Å². The first-order valence-electron chi connectivity index (χ1n) is 10.9. The van der Waals surface area contributed by atoms with Gasteiger partial charge in [-0.2, -0.15) is 0 Å². The van der Waals surface area contributed by atoms with Gasteiger partial charge in [-0.15, -0.1) is 11.3 Å². The number of ether oxygens (including phenoxy) is 1. The van der Waals surface area contributed by atoms with Gasteiger partial charge in [-0.3, -0.25) is 9.10 Å². The molecule has 178 valence electrons. The molecule has 1 aliphatic carbocycles. The molecule has 0 unspecified atom stereocenters. The van der Waals surface area contributed by atoms with Crippen LogP contribution in [0.2, 0.25) is 0 Å². The smallest absolute Gasteiger partial charge is 0.341 e. The van der Waals surface area contributed by atoms with Crippen LogP contribution < -0.4 is 9.62 Å². The van der Waals surface area contributed by atoms with Crippen molar-refractivity contribution in [2.45, 2.75) is 38.0 Å². The average Bonchev–Trinajstić information content (AvgIpc) is 3.39. The van der Waals surface area contributed by atoms with Gasteiger partial charge in [0.15, 0.2) is 0 Å². The first-order valence-corrected chi connectivity index (χ1v) is 13.1. The van der Waals surface area contributed by atoms with Crippen molar-refractivity contribution in [3.05, 3.63) is 75.7 Å². The van der Waals surface area contributed by atoms with Crippen molar-refractivity contribution in [1.29, 1.82) is 0 Å². The lowest BCUT2D eigenvalue weighted by Gasteiger charge is -2.24. The van der Waals surface area contributed by atoms with Crippen molar-refractivity contribution in [3.63, 3.8) is 0 Å². The fourth-order valence-corrected chi connectivity index (χ4v) is 6.69. The summed E-state index contributed by atoms with van der Waals surface area (Å²) in [7, 11) is -2.71. The highest BCUT2D eigenvalue weighted by atomic mass is 32.2. The lowest BCUT2D eigenvalue weighted by molar-refractivity contribution is -0.114. The molecule has 0 atom stereocenters. The van der Waals surface area contributed by atoms with Crippen molar-refractivity contribution < 1.29 is 22.7 Å². The second-order valence-electron chi connectivity index (χ2n) is 8.26. The van der Waals surface area contributed by atoms with E-state index in [1.807, 2.05) is 13.8 Å². The highest BCUT2D eigenvalue weighted by Gasteiger charge is 2.30. The number of esters is 1. The molecule has 1 aliphatic rings. The zero-order valence-electron chi connectivity index (χ0n) is 19.3. The molecule has 0 spiro atoms. The monoisotopic (exact) mass is 498 g/mol. The number of nitrogens with one attached hydrogen (secondary N) is 1. The summed E-state index contributed by atoms with van der Waals surface area (Å²) in [6, 6.07) is 13.4. The molecule has 2 aromatic carbocycles. The van der Waals surface area contributed by atoms with E-state index >= 15 is 0 Å². The summed E-state index contributed by atoms with van der Waals surface area (Å²) in [5, 5.41) is 3.17. The number of anilines is 2. The molecule has 1 aromatic heterocycles. The van der Waals surface area contributed by atoms with Crippen molar-refractivity contribution in [2.75, 3.05) is 23.3 Å². The Balaban J connectivity index is 1.66. The predicted molar refractivity (Wildman–Crippen MR) is 133 cm³/mol. The second-order valence-corrected chi connectivity index (χ2v) is 11.2. The number of carbonyl (C=O) groups is 2. The minimum Gasteiger partial charge on any atom is -0.465 e. The Morgan fingerprint density at radius 2 is 1.62 bits per heavy atom. The molecule has 0 aliphatic heterocycles. The number of sulfonamides is 1. The summed E-state index contributed by atoms with van der Waals surface area (Å²) in [6.07, 6.45) is 2.55. The number of hydrogen-bond acceptors (Lipinski definition) is 6. The molecular formula is C25H26N2O5S2. The molecule has 4 rings (SSSR count). The number of thiophene rings is 1. The molecule has 1 N–H and O–H groups in total. The summed E-state index contributed by atoms with van der Waals surface area (Å²) in [6.45, 7) is 3.33. The fourth-order valence-electron chi connectivity index (χ4n) is 3.97. The number of carbonyl (C=O) groups excluding carboxylic acids is 2. The second kappa shape index (κ2) is 9.60. The van der Waals surface area contributed by atoms with E-state index in [9.17, 15) is 18.0 Å². The standard InChI is InChI=1S/C25H26N2O5S2/c1-16-7-11-18(12-8-16)27(34(30,31)19-13-9-17(2)10-14-19)15-22(28)26-24-23(25(29)32-3)20-5-4-6-21(20)33-24/h7-14H,4-6,15H2,1-3H3,(H,26,28). The van der Waals surface area contributed by atoms with Gasteiger partial charge in [0.2, 0.25) is 5.91 Å². The number of nitrogens with zero attached hydrogens (tertiary/aromatic N) is 1. The summed E-state index contributed by atoms with van der Waals surface area (Å²) >= 11 is 1.35. The number of amides is 1. The van der Waals surface area contributed by atoms with E-state index in [0.29, 0.717) is 16.3 Å². The van der Waals surface area contributed by atoms with Gasteiger partial charge in [-0.05, 0) is 62.9 Å². The topological polar surface area (TPSA) is 92.8 Å². The van der Waals surface area contributed by atoms with E-state index in [1.54, 1.807) is 36.4 Å². The third kappa shape index (κ3) is 4.71. The van der Waals surface area contributed by atoms with Gasteiger partial charge >= 0.3 is 5.97 Å². The van der Waals surface area contributed by atoms with Crippen LogP contribution in [0.4, 0.5) is 10.7 Å². The molecule has 0 radical (unpaired) electrons. The van der Waals surface area contributed by atoms with Crippen molar-refractivity contribution in [2.24, 2.45) is 0 Å². The van der Waals surface area contributed by atoms with E-state index in [4.69, 9.17) is 4.74 Å². The largest absolute Gasteiger partial charge is 0.465 e. The molecular weight excluding hydrogens is 472 g/mol. The van der Waals surface area contributed by atoms with Crippen molar-refractivity contribution >= 4 is 43.9 Å². The minimum absolute atomic E-state index is 0.0943. The lowest BCUT2D eigenvalue weighted by Crippen LogP contribution is -2.38. The van der Waals surface area contributed by atoms with Gasteiger partial charge in [-0.1, -0.05) is 35.4 Å². The van der Waals surface area contributed by atoms with Crippen LogP contribution in [-0.4, -0.2) is 33.9 Å². The quantitative estimate of drug-likeness (QED) is 0.485. The van der Waals surface area contributed by atoms with Crippen LogP contribution in [0.25, 0.3) is 0 Å². The van der Waals surface area contributed by atoms with Gasteiger partial charge in [0, 0.05) is 4.88 Å². The van der Waals surface area contributed by atoms with Gasteiger partial charge < -0.3 is 10.1 Å². The zero-order valence-corrected chi connectivity index (χ0v) is 20.9. The number of methoxy groups -OCH3 is 1. The fraction of sp³-hybridized carbons (Fsp3) is 0.280. The summed E-state index contributed by atoms with van der Waals surface area (Å²) in [5.74, 6) is -1.04. The van der Waals surface area contributed by atoms with E-state index in [-0.39, 0.29) is 4.90 Å². The molecule has 34 heavy (non-hydrogen) atoms. The molecule has 0 saturated heterocycles. The summed E-state index contributed by atoms with van der Waals surface area (Å²) in [4.78, 5) is 26.7. The summed E-state index contributed by atoms with van der Waals surface area (Å²) < 4.78 is 33.1. The van der Waals surface area contributed by atoms with Gasteiger partial charge in [0.1, 0.15) is 11.5 Å². The molecule has 1 amide bonds. The molecule has 0 saturated carbocycles. The number of rotatable bonds is 7. The first kappa shape index (κ1) is 24.0. The normalized spacial score (nSPS) is 12.8. The molecule has 1 heterocycles. The zero-order chi connectivity index (χ0) is 24.5. The lowest BCUT2D eigenvalue weighted by atomic mass is 10.1. The molecule has 0 fully saturated rings. The molecule has 7 nitrogen and oxygen atoms in total. The molecule has 3 aromatic rings. The van der Waals surface area contributed by atoms with Crippen LogP contribution in [0, 0.1) is 13.8 Å². The van der Waals surface area contributed by atoms with E-state index in [2.05, 4.69) is 5.32 Å². The maximum atomic E-state index is 13.5. The number of aryl methyl sites for hydroxylation is 3. The Bertz CT molecular complexity index is 1330. The SMILES string of the molecule is COC(=O)c1c(NC(=O)CN(c2ccc(C)cc2)S(=O)(=O)c2ccc(C)cc2)sc2c1CCC2. The van der Waals surface area contributed by atoms with Crippen molar-refractivity contribution in [3.8, 4) is 0 Å². The Morgan fingerprint density at radius 3 is 2.24 bits per heavy atom. The van der Waals surface area contributed by atoms with Crippen LogP contribution in [0.3, 0.4) is 0 Å². The van der Waals surface area contributed by atoms with Crippen LogP contribution >= 0.6 is 11.3 Å². The van der Waals surface area contributed by atoms with Crippen LogP contribution in [0.5, 0.6) is 0 Å². The third-order valence-corrected chi connectivity index (χ3v) is 8.78. The maximum Gasteiger partial charge on any atom is 0.341 e. The van der Waals surface area contributed by atoms with E-state index in [0.717, 1.165) is 45.1 Å². The maximum absolute atomic E-state index is 13.5. The Kier molecular flexibility index (Phi) is 6.77. The highest BCUT2D eigenvalue weighted by Crippen LogP contribution is 2.39. The summed E-state index contributed by atoms with van der Waals surface area (Å²) in [5.41, 5.74) is 3.56. The van der Waals surface area contributed by atoms with E-state index < -0.39 is 28.4 Å². The highest BCUT2D eigenvalue weighted by molar-refractivity contribution is 7.92. The molecule has 9 heteroatoms. The van der Waals surface area contributed by atoms with Gasteiger partial charge in [-0.25, -0.2) is 13.2 Å². The Morgan fingerprint density at radius 1 is 1.00 bits per heavy atom. The average molecular weight is 499 g/mol. The Hall–Kier alpha value is -3.17. The van der Waals surface area contributed by atoms with Gasteiger partial charge in [0.25, 0.3) is 10.0 Å². The van der Waals surface area contributed by atoms with E-state index in [1.165, 1.54) is 30.6 Å². The van der Waals surface area contributed by atoms with Crippen LogP contribution in [0.1, 0.15) is 38.3 Å². The third-order valence-electron chi connectivity index (χ3n) is 5.78. The predicted octanol–water partition coefficient (Wildman–Crippen LogP) is 4.47. The number of hydrogen-bond donors (Lipinski definition) is 1. The van der Waals surface area contributed by atoms with Gasteiger partial charge in [0.05, 0.1) is 23.3 Å². The first-order chi connectivity index (χ1) is 16.2. The van der Waals surface area contributed by atoms with Crippen LogP contribution in [-0.2, 0) is 32.4 Å². The number of fused-ring (bicyclic) bond motifs is 1.